The number of nitrogen functional groups attached to an aromatic ring is 1. The summed E-state index contributed by atoms with van der Waals surface area (Å²) in [6.07, 6.45) is 0.108. The summed E-state index contributed by atoms with van der Waals surface area (Å²) in [6.45, 7) is 3.49. The van der Waals surface area contributed by atoms with Crippen LogP contribution in [0.4, 0.5) is 15.8 Å². The summed E-state index contributed by atoms with van der Waals surface area (Å²) in [4.78, 5) is 11.9. The summed E-state index contributed by atoms with van der Waals surface area (Å²) >= 11 is 0. The molecule has 0 spiro atoms. The average molecular weight is 263 g/mol. The molecule has 0 radical (unpaired) electrons. The van der Waals surface area contributed by atoms with Gasteiger partial charge in [0.05, 0.1) is 23.5 Å². The first kappa shape index (κ1) is 13.1. The van der Waals surface area contributed by atoms with E-state index >= 15 is 0 Å². The van der Waals surface area contributed by atoms with E-state index in [2.05, 4.69) is 10.5 Å². The van der Waals surface area contributed by atoms with Crippen LogP contribution in [-0.2, 0) is 11.2 Å². The SMILES string of the molecule is Cc1noc(C)c1CC(=O)Nc1cc(F)ccc1N. The minimum atomic E-state index is -0.457. The highest BCUT2D eigenvalue weighted by molar-refractivity contribution is 5.95. The Balaban J connectivity index is 2.12. The molecule has 0 atom stereocenters. The molecule has 0 aliphatic rings. The van der Waals surface area contributed by atoms with E-state index in [1.807, 2.05) is 0 Å². The second kappa shape index (κ2) is 5.09. The molecule has 1 heterocycles. The molecule has 19 heavy (non-hydrogen) atoms. The third-order valence-corrected chi connectivity index (χ3v) is 2.81. The van der Waals surface area contributed by atoms with Gasteiger partial charge >= 0.3 is 0 Å². The highest BCUT2D eigenvalue weighted by Crippen LogP contribution is 2.20. The molecule has 0 aliphatic carbocycles. The first-order valence-electron chi connectivity index (χ1n) is 5.74. The van der Waals surface area contributed by atoms with E-state index in [-0.39, 0.29) is 18.0 Å². The number of amides is 1. The molecule has 1 aromatic heterocycles. The van der Waals surface area contributed by atoms with Gasteiger partial charge in [-0.2, -0.15) is 0 Å². The van der Waals surface area contributed by atoms with E-state index < -0.39 is 5.82 Å². The fraction of sp³-hybridized carbons (Fsp3) is 0.231. The predicted octanol–water partition coefficient (Wildman–Crippen LogP) is 2.19. The Bertz CT molecular complexity index is 603. The maximum Gasteiger partial charge on any atom is 0.229 e. The Labute approximate surface area is 109 Å². The smallest absolute Gasteiger partial charge is 0.229 e. The van der Waals surface area contributed by atoms with Crippen molar-refractivity contribution >= 4 is 17.3 Å². The van der Waals surface area contributed by atoms with Gasteiger partial charge in [0.15, 0.2) is 0 Å². The fourth-order valence-electron chi connectivity index (χ4n) is 1.75. The van der Waals surface area contributed by atoms with Gasteiger partial charge in [0.2, 0.25) is 5.91 Å². The molecule has 1 aromatic carbocycles. The van der Waals surface area contributed by atoms with Gasteiger partial charge in [-0.25, -0.2) is 4.39 Å². The van der Waals surface area contributed by atoms with Crippen LogP contribution in [0.5, 0.6) is 0 Å². The number of aromatic nitrogens is 1. The van der Waals surface area contributed by atoms with Crippen LogP contribution in [0.1, 0.15) is 17.0 Å². The molecule has 3 N–H and O–H groups in total. The van der Waals surface area contributed by atoms with Crippen molar-refractivity contribution < 1.29 is 13.7 Å². The van der Waals surface area contributed by atoms with Gasteiger partial charge < -0.3 is 15.6 Å². The number of benzene rings is 1. The number of halogens is 1. The number of nitrogens with one attached hydrogen (secondary N) is 1. The Hall–Kier alpha value is -2.37. The quantitative estimate of drug-likeness (QED) is 0.832. The molecule has 0 saturated heterocycles. The number of nitrogens with two attached hydrogens (primary N) is 1. The van der Waals surface area contributed by atoms with E-state index in [9.17, 15) is 9.18 Å². The maximum absolute atomic E-state index is 13.1. The van der Waals surface area contributed by atoms with Crippen molar-refractivity contribution in [3.8, 4) is 0 Å². The lowest BCUT2D eigenvalue weighted by Gasteiger charge is -2.08. The summed E-state index contributed by atoms with van der Waals surface area (Å²) in [7, 11) is 0. The Morgan fingerprint density at radius 3 is 2.84 bits per heavy atom. The van der Waals surface area contributed by atoms with Crippen molar-refractivity contribution in [2.75, 3.05) is 11.1 Å². The summed E-state index contributed by atoms with van der Waals surface area (Å²) in [5.74, 6) is -0.159. The molecule has 0 saturated carbocycles. The topological polar surface area (TPSA) is 81.2 Å². The Kier molecular flexibility index (Phi) is 3.50. The zero-order chi connectivity index (χ0) is 14.0. The molecule has 2 aromatic rings. The van der Waals surface area contributed by atoms with Crippen molar-refractivity contribution in [2.45, 2.75) is 20.3 Å². The van der Waals surface area contributed by atoms with Crippen molar-refractivity contribution in [1.82, 2.24) is 5.16 Å². The monoisotopic (exact) mass is 263 g/mol. The number of carbonyl (C=O) groups excluding carboxylic acids is 1. The lowest BCUT2D eigenvalue weighted by Crippen LogP contribution is -2.16. The van der Waals surface area contributed by atoms with Crippen molar-refractivity contribution in [2.24, 2.45) is 0 Å². The number of hydrogen-bond donors (Lipinski definition) is 2. The number of rotatable bonds is 3. The van der Waals surface area contributed by atoms with Gasteiger partial charge in [-0.15, -0.1) is 0 Å². The van der Waals surface area contributed by atoms with Crippen LogP contribution in [0.25, 0.3) is 0 Å². The van der Waals surface area contributed by atoms with Gasteiger partial charge in [0.1, 0.15) is 11.6 Å². The molecule has 0 bridgehead atoms. The van der Waals surface area contributed by atoms with E-state index in [1.54, 1.807) is 13.8 Å². The zero-order valence-electron chi connectivity index (χ0n) is 10.7. The standard InChI is InChI=1S/C13H14FN3O2/c1-7-10(8(2)19-17-7)6-13(18)16-12-5-9(14)3-4-11(12)15/h3-5H,6,15H2,1-2H3,(H,16,18). The number of anilines is 2. The minimum absolute atomic E-state index is 0.108. The molecule has 2 rings (SSSR count). The number of carbonyl (C=O) groups is 1. The Morgan fingerprint density at radius 1 is 1.47 bits per heavy atom. The fourth-order valence-corrected chi connectivity index (χ4v) is 1.75. The molecular weight excluding hydrogens is 249 g/mol. The van der Waals surface area contributed by atoms with Gasteiger partial charge in [0, 0.05) is 5.56 Å². The molecule has 100 valence electrons. The highest BCUT2D eigenvalue weighted by Gasteiger charge is 2.14. The molecule has 0 aliphatic heterocycles. The summed E-state index contributed by atoms with van der Waals surface area (Å²) < 4.78 is 18.0. The van der Waals surface area contributed by atoms with Crippen LogP contribution < -0.4 is 11.1 Å². The third kappa shape index (κ3) is 2.90. The van der Waals surface area contributed by atoms with Crippen molar-refractivity contribution in [3.05, 3.63) is 41.0 Å². The zero-order valence-corrected chi connectivity index (χ0v) is 10.7. The van der Waals surface area contributed by atoms with Crippen LogP contribution in [0.15, 0.2) is 22.7 Å². The van der Waals surface area contributed by atoms with Crippen LogP contribution in [-0.4, -0.2) is 11.1 Å². The summed E-state index contributed by atoms with van der Waals surface area (Å²) in [5, 5.41) is 6.34. The maximum atomic E-state index is 13.1. The van der Waals surface area contributed by atoms with Gasteiger partial charge in [0.25, 0.3) is 0 Å². The van der Waals surface area contributed by atoms with E-state index in [1.165, 1.54) is 18.2 Å². The molecular formula is C13H14FN3O2. The second-order valence-corrected chi connectivity index (χ2v) is 4.26. The number of hydrogen-bond acceptors (Lipinski definition) is 4. The minimum Gasteiger partial charge on any atom is -0.397 e. The van der Waals surface area contributed by atoms with Gasteiger partial charge in [-0.1, -0.05) is 5.16 Å². The van der Waals surface area contributed by atoms with Crippen LogP contribution in [0.3, 0.4) is 0 Å². The molecule has 0 unspecified atom stereocenters. The van der Waals surface area contributed by atoms with Crippen LogP contribution in [0.2, 0.25) is 0 Å². The number of aryl methyl sites for hydroxylation is 2. The average Bonchev–Trinajstić information content (AvgIpc) is 2.65. The Morgan fingerprint density at radius 2 is 2.21 bits per heavy atom. The largest absolute Gasteiger partial charge is 0.397 e. The van der Waals surface area contributed by atoms with E-state index in [4.69, 9.17) is 10.3 Å². The predicted molar refractivity (Wildman–Crippen MR) is 69.1 cm³/mol. The molecule has 0 fully saturated rings. The van der Waals surface area contributed by atoms with Gasteiger partial charge in [-0.05, 0) is 32.0 Å². The van der Waals surface area contributed by atoms with E-state index in [0.717, 1.165) is 5.56 Å². The van der Waals surface area contributed by atoms with Crippen LogP contribution in [0, 0.1) is 19.7 Å². The number of nitrogens with zero attached hydrogens (tertiary/aromatic N) is 1. The molecule has 5 nitrogen and oxygen atoms in total. The summed E-state index contributed by atoms with van der Waals surface area (Å²) in [6, 6.07) is 3.82. The molecule has 1 amide bonds. The third-order valence-electron chi connectivity index (χ3n) is 2.81. The highest BCUT2D eigenvalue weighted by atomic mass is 19.1. The van der Waals surface area contributed by atoms with Crippen molar-refractivity contribution in [1.29, 1.82) is 0 Å². The second-order valence-electron chi connectivity index (χ2n) is 4.26. The van der Waals surface area contributed by atoms with Gasteiger partial charge in [-0.3, -0.25) is 4.79 Å². The van der Waals surface area contributed by atoms with E-state index in [0.29, 0.717) is 17.1 Å². The lowest BCUT2D eigenvalue weighted by atomic mass is 10.1. The lowest BCUT2D eigenvalue weighted by molar-refractivity contribution is -0.115. The summed E-state index contributed by atoms with van der Waals surface area (Å²) in [5.41, 5.74) is 7.63. The normalized spacial score (nSPS) is 10.5. The van der Waals surface area contributed by atoms with Crippen LogP contribution >= 0.6 is 0 Å². The first-order chi connectivity index (χ1) is 8.97. The first-order valence-corrected chi connectivity index (χ1v) is 5.74. The molecule has 6 heteroatoms. The van der Waals surface area contributed by atoms with Crippen molar-refractivity contribution in [3.63, 3.8) is 0 Å².